The van der Waals surface area contributed by atoms with E-state index in [9.17, 15) is 0 Å². The van der Waals surface area contributed by atoms with Gasteiger partial charge in [-0.25, -0.2) is 4.98 Å². The van der Waals surface area contributed by atoms with Gasteiger partial charge in [-0.05, 0) is 75.5 Å². The van der Waals surface area contributed by atoms with Crippen molar-refractivity contribution in [2.45, 2.75) is 6.61 Å². The van der Waals surface area contributed by atoms with E-state index in [1.165, 1.54) is 4.70 Å². The topological polar surface area (TPSA) is 22.1 Å². The Hall–Kier alpha value is -0.900. The van der Waals surface area contributed by atoms with E-state index in [4.69, 9.17) is 21.3 Å². The van der Waals surface area contributed by atoms with Crippen molar-refractivity contribution in [3.8, 4) is 16.3 Å². The summed E-state index contributed by atoms with van der Waals surface area (Å²) in [4.78, 5) is 4.75. The van der Waals surface area contributed by atoms with Gasteiger partial charge in [0.2, 0.25) is 0 Å². The van der Waals surface area contributed by atoms with Crippen molar-refractivity contribution in [1.82, 2.24) is 4.98 Å². The third-order valence-corrected chi connectivity index (χ3v) is 6.93. The summed E-state index contributed by atoms with van der Waals surface area (Å²) in [6.07, 6.45) is 0. The molecule has 0 N–H and O–H groups in total. The minimum atomic E-state index is 0.451. The molecule has 26 heavy (non-hydrogen) atoms. The van der Waals surface area contributed by atoms with Crippen LogP contribution in [0.15, 0.2) is 60.7 Å². The largest absolute Gasteiger partial charge is 0.487 e. The Labute approximate surface area is 187 Å². The van der Waals surface area contributed by atoms with Crippen LogP contribution in [0.1, 0.15) is 5.56 Å². The van der Waals surface area contributed by atoms with Crippen molar-refractivity contribution in [2.75, 3.05) is 0 Å². The molecule has 0 aliphatic rings. The number of aromatic nitrogens is 1. The Balaban J connectivity index is 1.63. The summed E-state index contributed by atoms with van der Waals surface area (Å²) < 4.78 is 9.40. The predicted octanol–water partition coefficient (Wildman–Crippen LogP) is 7.40. The van der Waals surface area contributed by atoms with Gasteiger partial charge in [0, 0.05) is 16.1 Å². The van der Waals surface area contributed by atoms with E-state index in [1.54, 1.807) is 11.3 Å². The molecule has 0 bridgehead atoms. The summed E-state index contributed by atoms with van der Waals surface area (Å²) in [6, 6.07) is 20.2. The van der Waals surface area contributed by atoms with E-state index in [0.717, 1.165) is 39.6 Å². The summed E-state index contributed by atoms with van der Waals surface area (Å²) in [6.45, 7) is 0.451. The third-order valence-electron chi connectivity index (χ3n) is 3.87. The molecule has 0 radical (unpaired) electrons. The highest BCUT2D eigenvalue weighted by atomic mass is 127. The SMILES string of the molecule is Clc1ccccc1COc1c(I)cc(-c2nc3ccccc3s2)cc1I. The van der Waals surface area contributed by atoms with E-state index in [2.05, 4.69) is 63.4 Å². The lowest BCUT2D eigenvalue weighted by atomic mass is 10.2. The summed E-state index contributed by atoms with van der Waals surface area (Å²) in [7, 11) is 0. The van der Waals surface area contributed by atoms with Crippen LogP contribution in [0.5, 0.6) is 5.75 Å². The first-order chi connectivity index (χ1) is 12.6. The lowest BCUT2D eigenvalue weighted by Gasteiger charge is -2.12. The van der Waals surface area contributed by atoms with Crippen molar-refractivity contribution in [3.63, 3.8) is 0 Å². The monoisotopic (exact) mass is 603 g/mol. The van der Waals surface area contributed by atoms with Crippen LogP contribution in [0.25, 0.3) is 20.8 Å². The first kappa shape index (κ1) is 18.5. The van der Waals surface area contributed by atoms with Gasteiger partial charge in [-0.2, -0.15) is 0 Å². The first-order valence-corrected chi connectivity index (χ1v) is 11.2. The predicted molar refractivity (Wildman–Crippen MR) is 126 cm³/mol. The highest BCUT2D eigenvalue weighted by Crippen LogP contribution is 2.36. The van der Waals surface area contributed by atoms with Crippen LogP contribution in [0, 0.1) is 7.14 Å². The quantitative estimate of drug-likeness (QED) is 0.227. The van der Waals surface area contributed by atoms with Crippen LogP contribution in [0.2, 0.25) is 5.02 Å². The second-order valence-corrected chi connectivity index (χ2v) is 9.40. The maximum atomic E-state index is 6.22. The molecule has 0 fully saturated rings. The number of rotatable bonds is 4. The molecule has 2 nitrogen and oxygen atoms in total. The zero-order valence-electron chi connectivity index (χ0n) is 13.4. The van der Waals surface area contributed by atoms with Gasteiger partial charge in [-0.15, -0.1) is 11.3 Å². The van der Waals surface area contributed by atoms with Crippen LogP contribution in [0.4, 0.5) is 0 Å². The second-order valence-electron chi connectivity index (χ2n) is 5.64. The fraction of sp³-hybridized carbons (Fsp3) is 0.0500. The highest BCUT2D eigenvalue weighted by Gasteiger charge is 2.13. The van der Waals surface area contributed by atoms with Crippen LogP contribution >= 0.6 is 68.1 Å². The Kier molecular flexibility index (Phi) is 5.68. The molecule has 0 atom stereocenters. The van der Waals surface area contributed by atoms with Gasteiger partial charge in [-0.3, -0.25) is 0 Å². The minimum Gasteiger partial charge on any atom is -0.487 e. The van der Waals surface area contributed by atoms with E-state index in [1.807, 2.05) is 42.5 Å². The van der Waals surface area contributed by atoms with Gasteiger partial charge in [-0.1, -0.05) is 41.9 Å². The number of para-hydroxylation sites is 1. The molecule has 0 saturated heterocycles. The third kappa shape index (κ3) is 3.85. The number of benzene rings is 3. The van der Waals surface area contributed by atoms with E-state index >= 15 is 0 Å². The van der Waals surface area contributed by atoms with E-state index in [0.29, 0.717) is 6.61 Å². The zero-order chi connectivity index (χ0) is 18.1. The standard InChI is InChI=1S/C20H12ClI2NOS/c21-14-6-2-1-5-12(14)11-25-19-15(22)9-13(10-16(19)23)20-24-17-7-3-4-8-18(17)26-20/h1-10H,11H2. The van der Waals surface area contributed by atoms with Gasteiger partial charge >= 0.3 is 0 Å². The van der Waals surface area contributed by atoms with Gasteiger partial charge in [0.1, 0.15) is 17.4 Å². The smallest absolute Gasteiger partial charge is 0.146 e. The number of hydrogen-bond acceptors (Lipinski definition) is 3. The Morgan fingerprint density at radius 1 is 0.962 bits per heavy atom. The molecule has 4 rings (SSSR count). The molecule has 0 unspecified atom stereocenters. The molecule has 4 aromatic rings. The first-order valence-electron chi connectivity index (χ1n) is 7.83. The van der Waals surface area contributed by atoms with Crippen molar-refractivity contribution in [3.05, 3.63) is 78.4 Å². The fourth-order valence-electron chi connectivity index (χ4n) is 2.58. The van der Waals surface area contributed by atoms with E-state index in [-0.39, 0.29) is 0 Å². The Bertz CT molecular complexity index is 1040. The van der Waals surface area contributed by atoms with Crippen LogP contribution in [0.3, 0.4) is 0 Å². The lowest BCUT2D eigenvalue weighted by molar-refractivity contribution is 0.302. The van der Waals surface area contributed by atoms with Crippen molar-refractivity contribution < 1.29 is 4.74 Å². The molecule has 0 spiro atoms. The molecular weight excluding hydrogens is 592 g/mol. The normalized spacial score (nSPS) is 11.0. The number of fused-ring (bicyclic) bond motifs is 1. The number of hydrogen-bond donors (Lipinski definition) is 0. The van der Waals surface area contributed by atoms with Crippen LogP contribution in [-0.2, 0) is 6.61 Å². The Morgan fingerprint density at radius 3 is 2.38 bits per heavy atom. The number of ether oxygens (including phenoxy) is 1. The van der Waals surface area contributed by atoms with Gasteiger partial charge in [0.15, 0.2) is 0 Å². The van der Waals surface area contributed by atoms with Gasteiger partial charge in [0.05, 0.1) is 17.4 Å². The van der Waals surface area contributed by atoms with Crippen molar-refractivity contribution in [1.29, 1.82) is 0 Å². The molecule has 6 heteroatoms. The summed E-state index contributed by atoms with van der Waals surface area (Å²) in [5, 5.41) is 1.75. The number of nitrogens with zero attached hydrogens (tertiary/aromatic N) is 1. The van der Waals surface area contributed by atoms with Crippen LogP contribution in [-0.4, -0.2) is 4.98 Å². The number of halogens is 3. The maximum Gasteiger partial charge on any atom is 0.146 e. The Morgan fingerprint density at radius 2 is 1.65 bits per heavy atom. The molecule has 1 heterocycles. The molecule has 0 amide bonds. The highest BCUT2D eigenvalue weighted by molar-refractivity contribution is 14.1. The average molecular weight is 604 g/mol. The van der Waals surface area contributed by atoms with Crippen molar-refractivity contribution in [2.24, 2.45) is 0 Å². The minimum absolute atomic E-state index is 0.451. The van der Waals surface area contributed by atoms with Crippen LogP contribution < -0.4 is 4.74 Å². The zero-order valence-corrected chi connectivity index (χ0v) is 19.3. The van der Waals surface area contributed by atoms with Gasteiger partial charge < -0.3 is 4.74 Å². The van der Waals surface area contributed by atoms with Crippen molar-refractivity contribution >= 4 is 78.3 Å². The fourth-order valence-corrected chi connectivity index (χ4v) is 5.80. The maximum absolute atomic E-state index is 6.22. The molecule has 0 aliphatic heterocycles. The second kappa shape index (κ2) is 8.00. The van der Waals surface area contributed by atoms with Gasteiger partial charge in [0.25, 0.3) is 0 Å². The molecule has 0 aliphatic carbocycles. The summed E-state index contributed by atoms with van der Waals surface area (Å²) in [5.41, 5.74) is 3.14. The number of thiazole rings is 1. The molecule has 0 saturated carbocycles. The molecule has 130 valence electrons. The average Bonchev–Trinajstić information content (AvgIpc) is 3.06. The summed E-state index contributed by atoms with van der Waals surface area (Å²) >= 11 is 12.6. The summed E-state index contributed by atoms with van der Waals surface area (Å²) in [5.74, 6) is 0.885. The van der Waals surface area contributed by atoms with E-state index < -0.39 is 0 Å². The molecule has 3 aromatic carbocycles. The lowest BCUT2D eigenvalue weighted by Crippen LogP contribution is -2.00. The molecular formula is C20H12ClI2NOS. The molecule has 1 aromatic heterocycles.